The Labute approximate surface area is 415 Å². The lowest BCUT2D eigenvalue weighted by Crippen LogP contribution is -2.52. The number of ether oxygens (including phenoxy) is 2. The van der Waals surface area contributed by atoms with Gasteiger partial charge >= 0.3 is 7.82 Å². The topological polar surface area (TPSA) is 308 Å². The molecule has 21 nitrogen and oxygen atoms in total. The first kappa shape index (κ1) is 59.9. The number of thiol groups is 1. The molecular weight excluding hydrogens is 950 g/mol. The van der Waals surface area contributed by atoms with Crippen LogP contribution in [-0.2, 0) is 71.5 Å². The third-order valence-electron chi connectivity index (χ3n) is 11.9. The zero-order valence-electron chi connectivity index (χ0n) is 40.7. The number of nitrogens with zero attached hydrogens (tertiary/aromatic N) is 3. The van der Waals surface area contributed by atoms with Gasteiger partial charge in [-0.1, -0.05) is 44.2 Å². The van der Waals surface area contributed by atoms with Gasteiger partial charge in [0, 0.05) is 56.5 Å². The summed E-state index contributed by atoms with van der Waals surface area (Å²) in [6.45, 7) is 7.11. The standard InChI is InChI=1S/C47H74N7O14PS/c1-31(2)23-39(51-47(62)41-14-10-18-54(41)44(59)15-19-66-21-22-67-20-16-50-46(61)38(48)29-70)42(57)25-35(24-36-27-49-30-53(36)17-9-8-13-34-11-6-5-7-12-34)45(60)52-40(28-55)43(58)26-37(32(3)56)33(4)68-69(63,64)65/h5-7,11-12,27,30-31,33,35,37-41,55,70H,8-10,13-26,28-29,48H2,1-4H3,(H,50,61)(H,51,62)(H,52,60)(H2,63,64,65)/t33-,35-,37-,38+,39+,40+,41+/m1/s1. The number of nitrogens with one attached hydrogen (secondary N) is 3. The third-order valence-corrected chi connectivity index (χ3v) is 12.9. The van der Waals surface area contributed by atoms with Crippen molar-refractivity contribution >= 4 is 61.4 Å². The molecule has 1 aliphatic heterocycles. The molecule has 2 heterocycles. The van der Waals surface area contributed by atoms with Crippen molar-refractivity contribution in [1.29, 1.82) is 0 Å². The number of nitrogens with two attached hydrogens (primary N) is 1. The van der Waals surface area contributed by atoms with Gasteiger partial charge in [0.2, 0.25) is 23.6 Å². The number of ketones is 3. The number of likely N-dealkylation sites (tertiary alicyclic amines) is 1. The minimum absolute atomic E-state index is 0.00313. The summed E-state index contributed by atoms with van der Waals surface area (Å²) >= 11 is 3.99. The minimum atomic E-state index is -5.03. The number of phosphoric acid groups is 1. The van der Waals surface area contributed by atoms with Crippen LogP contribution in [0, 0.1) is 17.8 Å². The summed E-state index contributed by atoms with van der Waals surface area (Å²) < 4.78 is 29.1. The number of aliphatic hydroxyl groups is 1. The van der Waals surface area contributed by atoms with Crippen LogP contribution in [0.5, 0.6) is 0 Å². The number of unbranched alkanes of at least 4 members (excludes halogenated alkanes) is 1. The summed E-state index contributed by atoms with van der Waals surface area (Å²) in [6.07, 6.45) is 4.44. The highest BCUT2D eigenvalue weighted by atomic mass is 32.1. The molecule has 0 bridgehead atoms. The predicted octanol–water partition coefficient (Wildman–Crippen LogP) is 1.48. The van der Waals surface area contributed by atoms with Gasteiger partial charge in [-0.25, -0.2) is 9.55 Å². The molecule has 0 radical (unpaired) electrons. The van der Waals surface area contributed by atoms with Crippen LogP contribution in [-0.4, -0.2) is 152 Å². The Morgan fingerprint density at radius 2 is 1.61 bits per heavy atom. The second kappa shape index (κ2) is 31.2. The van der Waals surface area contributed by atoms with Crippen LogP contribution in [0.2, 0.25) is 0 Å². The summed E-state index contributed by atoms with van der Waals surface area (Å²) in [4.78, 5) is 118. The number of phosphoric ester groups is 1. The number of imidazole rings is 1. The van der Waals surface area contributed by atoms with E-state index >= 15 is 0 Å². The molecular formula is C47H74N7O14PS. The molecule has 23 heteroatoms. The van der Waals surface area contributed by atoms with Crippen molar-refractivity contribution in [2.45, 2.75) is 129 Å². The number of benzene rings is 1. The van der Waals surface area contributed by atoms with E-state index in [0.717, 1.165) is 26.2 Å². The zero-order chi connectivity index (χ0) is 51.8. The van der Waals surface area contributed by atoms with E-state index < -0.39 is 98.5 Å². The predicted molar refractivity (Wildman–Crippen MR) is 261 cm³/mol. The van der Waals surface area contributed by atoms with Crippen LogP contribution < -0.4 is 21.7 Å². The highest BCUT2D eigenvalue weighted by molar-refractivity contribution is 7.80. The molecule has 1 aromatic heterocycles. The Balaban J connectivity index is 1.72. The minimum Gasteiger partial charge on any atom is -0.394 e. The fourth-order valence-corrected chi connectivity index (χ4v) is 8.86. The monoisotopic (exact) mass is 1020 g/mol. The van der Waals surface area contributed by atoms with Gasteiger partial charge in [0.15, 0.2) is 11.6 Å². The van der Waals surface area contributed by atoms with Gasteiger partial charge < -0.3 is 55.5 Å². The lowest BCUT2D eigenvalue weighted by molar-refractivity contribution is -0.140. The number of rotatable bonds is 35. The number of Topliss-reactive ketones (excluding diaryl/α,β-unsaturated/α-hetero) is 3. The first-order valence-electron chi connectivity index (χ1n) is 23.9. The van der Waals surface area contributed by atoms with Crippen molar-refractivity contribution in [3.05, 3.63) is 54.1 Å². The highest BCUT2D eigenvalue weighted by Gasteiger charge is 2.38. The number of hydrogen-bond donors (Lipinski definition) is 8. The zero-order valence-corrected chi connectivity index (χ0v) is 42.5. The number of hydrogen-bond acceptors (Lipinski definition) is 15. The van der Waals surface area contributed by atoms with Gasteiger partial charge in [0.25, 0.3) is 0 Å². The molecule has 0 saturated carbocycles. The van der Waals surface area contributed by atoms with Crippen LogP contribution in [0.1, 0.15) is 90.3 Å². The molecule has 1 saturated heterocycles. The quantitative estimate of drug-likeness (QED) is 0.0276. The van der Waals surface area contributed by atoms with Gasteiger partial charge in [-0.2, -0.15) is 12.6 Å². The molecule has 2 aromatic rings. The van der Waals surface area contributed by atoms with E-state index in [9.17, 15) is 53.0 Å². The molecule has 1 aromatic carbocycles. The number of carbonyl (C=O) groups is 7. The number of aliphatic hydroxyl groups excluding tert-OH is 1. The van der Waals surface area contributed by atoms with Gasteiger partial charge in [-0.05, 0) is 63.9 Å². The van der Waals surface area contributed by atoms with Crippen LogP contribution in [0.15, 0.2) is 42.9 Å². The van der Waals surface area contributed by atoms with E-state index in [2.05, 4.69) is 50.2 Å². The summed E-state index contributed by atoms with van der Waals surface area (Å²) in [6, 6.07) is 5.86. The fraction of sp³-hybridized carbons (Fsp3) is 0.660. The average Bonchev–Trinajstić information content (AvgIpc) is 3.99. The molecule has 7 atom stereocenters. The van der Waals surface area contributed by atoms with E-state index in [4.69, 9.17) is 15.2 Å². The van der Waals surface area contributed by atoms with E-state index in [1.54, 1.807) is 12.5 Å². The van der Waals surface area contributed by atoms with Crippen molar-refractivity contribution < 1.29 is 67.0 Å². The fourth-order valence-electron chi connectivity index (χ4n) is 8.11. The second-order valence-electron chi connectivity index (χ2n) is 18.0. The summed E-state index contributed by atoms with van der Waals surface area (Å²) in [7, 11) is -5.03. The lowest BCUT2D eigenvalue weighted by atomic mass is 9.89. The summed E-state index contributed by atoms with van der Waals surface area (Å²) in [5.74, 6) is -6.12. The van der Waals surface area contributed by atoms with Crippen LogP contribution >= 0.6 is 20.5 Å². The second-order valence-corrected chi connectivity index (χ2v) is 19.6. The van der Waals surface area contributed by atoms with Crippen LogP contribution in [0.3, 0.4) is 0 Å². The molecule has 8 N–H and O–H groups in total. The van der Waals surface area contributed by atoms with Crippen molar-refractivity contribution in [2.24, 2.45) is 23.5 Å². The largest absolute Gasteiger partial charge is 0.469 e. The van der Waals surface area contributed by atoms with Gasteiger partial charge in [0.05, 0.1) is 75.8 Å². The molecule has 70 heavy (non-hydrogen) atoms. The maximum absolute atomic E-state index is 14.4. The van der Waals surface area contributed by atoms with Gasteiger partial charge in [-0.3, -0.25) is 38.1 Å². The molecule has 0 aliphatic carbocycles. The first-order chi connectivity index (χ1) is 33.2. The van der Waals surface area contributed by atoms with Crippen LogP contribution in [0.25, 0.3) is 0 Å². The summed E-state index contributed by atoms with van der Waals surface area (Å²) in [5.41, 5.74) is 7.43. The van der Waals surface area contributed by atoms with E-state index in [1.807, 2.05) is 36.6 Å². The van der Waals surface area contributed by atoms with Crippen molar-refractivity contribution in [3.63, 3.8) is 0 Å². The Morgan fingerprint density at radius 1 is 0.929 bits per heavy atom. The molecule has 0 spiro atoms. The van der Waals surface area contributed by atoms with Crippen molar-refractivity contribution in [2.75, 3.05) is 51.9 Å². The Bertz CT molecular complexity index is 2040. The third kappa shape index (κ3) is 21.5. The molecule has 3 rings (SSSR count). The number of carbonyl (C=O) groups excluding carboxylic acids is 7. The average molecular weight is 1020 g/mol. The maximum Gasteiger partial charge on any atom is 0.469 e. The Kier molecular flexibility index (Phi) is 26.7. The molecule has 0 unspecified atom stereocenters. The van der Waals surface area contributed by atoms with Gasteiger partial charge in [-0.15, -0.1) is 0 Å². The maximum atomic E-state index is 14.4. The molecule has 4 amide bonds. The molecule has 1 fully saturated rings. The number of amides is 4. The van der Waals surface area contributed by atoms with E-state index in [0.29, 0.717) is 31.6 Å². The van der Waals surface area contributed by atoms with E-state index in [-0.39, 0.29) is 75.7 Å². The molecule has 1 aliphatic rings. The summed E-state index contributed by atoms with van der Waals surface area (Å²) in [5, 5.41) is 18.4. The van der Waals surface area contributed by atoms with Gasteiger partial charge in [0.1, 0.15) is 17.9 Å². The highest BCUT2D eigenvalue weighted by Crippen LogP contribution is 2.39. The normalized spacial score (nSPS) is 16.5. The Hall–Kier alpha value is -4.38. The van der Waals surface area contributed by atoms with Crippen LogP contribution in [0.4, 0.5) is 0 Å². The van der Waals surface area contributed by atoms with Crippen molar-refractivity contribution in [1.82, 2.24) is 30.4 Å². The first-order valence-corrected chi connectivity index (χ1v) is 26.0. The number of aromatic nitrogens is 2. The van der Waals surface area contributed by atoms with E-state index in [1.165, 1.54) is 17.4 Å². The smallest absolute Gasteiger partial charge is 0.394 e. The molecule has 392 valence electrons. The Morgan fingerprint density at radius 3 is 2.26 bits per heavy atom. The lowest BCUT2D eigenvalue weighted by Gasteiger charge is -2.28. The number of aryl methyl sites for hydroxylation is 2. The SMILES string of the molecule is CC(=O)[C@@H](CC(=O)[C@H](CO)NC(=O)[C@@H](CC(=O)[C@H](CC(C)C)NC(=O)[C@@H]1CCCN1C(=O)CCOCCOCCNC(=O)[C@@H](N)CS)Cc1cncn1CCCCc1ccccc1)[C@@H](C)OP(=O)(O)O. The van der Waals surface area contributed by atoms with Crippen molar-refractivity contribution in [3.8, 4) is 0 Å².